The fourth-order valence-electron chi connectivity index (χ4n) is 7.39. The van der Waals surface area contributed by atoms with Gasteiger partial charge in [0.05, 0.1) is 34.5 Å². The van der Waals surface area contributed by atoms with E-state index in [0.717, 1.165) is 64.0 Å². The van der Waals surface area contributed by atoms with E-state index in [1.165, 1.54) is 0 Å². The first-order valence-corrected chi connectivity index (χ1v) is 17.4. The maximum atomic E-state index is 8.85. The molecule has 0 fully saturated rings. The zero-order valence-electron chi connectivity index (χ0n) is 31.7. The van der Waals surface area contributed by atoms with E-state index in [1.807, 2.05) is 66.7 Å². The van der Waals surface area contributed by atoms with Crippen LogP contribution in [0.25, 0.3) is 104 Å². The van der Waals surface area contributed by atoms with Crippen molar-refractivity contribution in [3.05, 3.63) is 158 Å². The minimum atomic E-state index is -0.487. The van der Waals surface area contributed by atoms with Crippen molar-refractivity contribution in [2.24, 2.45) is 0 Å². The molecule has 238 valence electrons. The number of nitrogens with zero attached hydrogens (tertiary/aromatic N) is 4. The lowest BCUT2D eigenvalue weighted by Gasteiger charge is -2.10. The molecule has 6 heteroatoms. The van der Waals surface area contributed by atoms with Gasteiger partial charge in [0.1, 0.15) is 11.2 Å². The van der Waals surface area contributed by atoms with Crippen molar-refractivity contribution >= 4 is 75.3 Å². The van der Waals surface area contributed by atoms with E-state index >= 15 is 0 Å². The molecule has 51 heavy (non-hydrogen) atoms. The van der Waals surface area contributed by atoms with Crippen molar-refractivity contribution < 1.29 is 11.3 Å². The average molecular weight is 676 g/mol. The lowest BCUT2D eigenvalue weighted by atomic mass is 10.1. The highest BCUT2D eigenvalue weighted by atomic mass is 32.1. The Morgan fingerprint density at radius 2 is 1.14 bits per heavy atom. The summed E-state index contributed by atoms with van der Waals surface area (Å²) in [5, 5.41) is 6.24. The van der Waals surface area contributed by atoms with Crippen LogP contribution in [0.3, 0.4) is 0 Å². The molecule has 0 N–H and O–H groups in total. The van der Waals surface area contributed by atoms with E-state index in [-0.39, 0.29) is 17.2 Å². The van der Waals surface area contributed by atoms with Crippen LogP contribution in [-0.2, 0) is 0 Å². The number of rotatable bonds is 4. The zero-order chi connectivity index (χ0) is 37.8. The van der Waals surface area contributed by atoms with Gasteiger partial charge in [0, 0.05) is 47.5 Å². The third kappa shape index (κ3) is 4.24. The molecule has 4 aromatic heterocycles. The molecule has 0 saturated carbocycles. The van der Waals surface area contributed by atoms with E-state index in [4.69, 9.17) is 26.2 Å². The van der Waals surface area contributed by atoms with Crippen LogP contribution in [0.4, 0.5) is 0 Å². The first-order chi connectivity index (χ1) is 27.4. The SMILES string of the molecule is [2H]c1c([2H])c([2H])c(-c2nc(-c3cccc4c3oc3cccc(-n5c6ccccc6c6ccccc65)c34)nc(-c3cccc4c3sc3ccccc34)n2)c([2H])c1[2H]. The second-order valence-electron chi connectivity index (χ2n) is 12.4. The predicted octanol–water partition coefficient (Wildman–Crippen LogP) is 12.2. The third-order valence-corrected chi connectivity index (χ3v) is 10.8. The number of fused-ring (bicyclic) bond motifs is 9. The van der Waals surface area contributed by atoms with Gasteiger partial charge in [0.15, 0.2) is 17.5 Å². The Hall–Kier alpha value is -6.63. The van der Waals surface area contributed by atoms with Crippen molar-refractivity contribution in [1.29, 1.82) is 0 Å². The summed E-state index contributed by atoms with van der Waals surface area (Å²) >= 11 is 1.63. The molecular formula is C45H26N4OS. The molecule has 7 aromatic carbocycles. The van der Waals surface area contributed by atoms with Gasteiger partial charge >= 0.3 is 0 Å². The minimum absolute atomic E-state index is 0.0285. The first-order valence-electron chi connectivity index (χ1n) is 19.0. The Bertz CT molecular complexity index is 3380. The molecule has 0 aliphatic heterocycles. The largest absolute Gasteiger partial charge is 0.455 e. The quantitative estimate of drug-likeness (QED) is 0.186. The fraction of sp³-hybridized carbons (Fsp3) is 0. The summed E-state index contributed by atoms with van der Waals surface area (Å²) in [4.78, 5) is 14.8. The molecule has 4 heterocycles. The third-order valence-electron chi connectivity index (χ3n) is 9.57. The summed E-state index contributed by atoms with van der Waals surface area (Å²) < 4.78 is 53.9. The van der Waals surface area contributed by atoms with Crippen LogP contribution in [-0.4, -0.2) is 19.5 Å². The molecule has 0 atom stereocenters. The summed E-state index contributed by atoms with van der Waals surface area (Å²) in [5.74, 6) is 0.533. The number of thiophene rings is 1. The van der Waals surface area contributed by atoms with Crippen LogP contribution in [0.15, 0.2) is 162 Å². The molecule has 0 bridgehead atoms. The Morgan fingerprint density at radius 3 is 1.92 bits per heavy atom. The fourth-order valence-corrected chi connectivity index (χ4v) is 8.60. The van der Waals surface area contributed by atoms with Gasteiger partial charge in [0.25, 0.3) is 0 Å². The smallest absolute Gasteiger partial charge is 0.167 e. The van der Waals surface area contributed by atoms with Crippen LogP contribution >= 0.6 is 11.3 Å². The van der Waals surface area contributed by atoms with Crippen LogP contribution in [0.2, 0.25) is 0 Å². The average Bonchev–Trinajstić information content (AvgIpc) is 3.92. The van der Waals surface area contributed by atoms with Gasteiger partial charge in [-0.05, 0) is 42.5 Å². The van der Waals surface area contributed by atoms with E-state index in [0.29, 0.717) is 22.6 Å². The highest BCUT2D eigenvalue weighted by Gasteiger charge is 2.22. The lowest BCUT2D eigenvalue weighted by Crippen LogP contribution is -2.00. The van der Waals surface area contributed by atoms with Gasteiger partial charge in [-0.3, -0.25) is 0 Å². The van der Waals surface area contributed by atoms with Crippen LogP contribution in [0, 0.1) is 0 Å². The van der Waals surface area contributed by atoms with E-state index in [2.05, 4.69) is 65.2 Å². The maximum Gasteiger partial charge on any atom is 0.167 e. The van der Waals surface area contributed by atoms with Gasteiger partial charge in [-0.25, -0.2) is 15.0 Å². The van der Waals surface area contributed by atoms with Crippen LogP contribution < -0.4 is 0 Å². The Kier molecular flexibility index (Phi) is 5.08. The molecule has 0 aliphatic rings. The molecule has 0 saturated heterocycles. The number of aromatic nitrogens is 4. The molecule has 11 aromatic rings. The van der Waals surface area contributed by atoms with Gasteiger partial charge in [-0.15, -0.1) is 11.3 Å². The second-order valence-corrected chi connectivity index (χ2v) is 13.4. The summed E-state index contributed by atoms with van der Waals surface area (Å²) in [5.41, 5.74) is 5.57. The van der Waals surface area contributed by atoms with E-state index < -0.39 is 30.2 Å². The summed E-state index contributed by atoms with van der Waals surface area (Å²) in [6.45, 7) is 0. The normalized spacial score (nSPS) is 13.3. The standard InChI is InChI=1S/C45H26N4OS/c1-2-13-27(14-3-1)43-46-44(48-45(47-43)34-21-10-18-31-30-17-6-9-26-39(30)51-42(31)34)33-20-11-19-32-40-37(24-12-25-38(40)50-41(32)33)49-35-22-7-4-15-28(35)29-16-5-8-23-36(29)49/h1-26H/i1D,2D,3D,13D,14D. The van der Waals surface area contributed by atoms with Crippen LogP contribution in [0.1, 0.15) is 6.85 Å². The molecule has 0 amide bonds. The monoisotopic (exact) mass is 675 g/mol. The summed E-state index contributed by atoms with van der Waals surface area (Å²) in [6.07, 6.45) is 0. The molecule has 0 aliphatic carbocycles. The molecular weight excluding hydrogens is 645 g/mol. The van der Waals surface area contributed by atoms with E-state index in [9.17, 15) is 0 Å². The van der Waals surface area contributed by atoms with E-state index in [1.54, 1.807) is 11.3 Å². The van der Waals surface area contributed by atoms with Gasteiger partial charge < -0.3 is 8.98 Å². The van der Waals surface area contributed by atoms with Crippen molar-refractivity contribution in [2.45, 2.75) is 0 Å². The van der Waals surface area contributed by atoms with Crippen molar-refractivity contribution in [1.82, 2.24) is 19.5 Å². The Labute approximate surface area is 302 Å². The van der Waals surface area contributed by atoms with Crippen molar-refractivity contribution in [2.75, 3.05) is 0 Å². The predicted molar refractivity (Wildman–Crippen MR) is 211 cm³/mol. The Balaban J connectivity index is 1.20. The number of para-hydroxylation sites is 3. The van der Waals surface area contributed by atoms with Gasteiger partial charge in [-0.2, -0.15) is 0 Å². The lowest BCUT2D eigenvalue weighted by molar-refractivity contribution is 0.669. The maximum absolute atomic E-state index is 8.85. The number of hydrogen-bond donors (Lipinski definition) is 0. The summed E-state index contributed by atoms with van der Waals surface area (Å²) in [6, 6.07) is 40.6. The topological polar surface area (TPSA) is 56.7 Å². The number of furan rings is 1. The zero-order valence-corrected chi connectivity index (χ0v) is 27.5. The summed E-state index contributed by atoms with van der Waals surface area (Å²) in [7, 11) is 0. The highest BCUT2D eigenvalue weighted by molar-refractivity contribution is 7.26. The molecule has 11 rings (SSSR count). The van der Waals surface area contributed by atoms with Crippen molar-refractivity contribution in [3.63, 3.8) is 0 Å². The number of benzene rings is 7. The van der Waals surface area contributed by atoms with Crippen LogP contribution in [0.5, 0.6) is 0 Å². The molecule has 0 radical (unpaired) electrons. The molecule has 0 spiro atoms. The Morgan fingerprint density at radius 1 is 0.529 bits per heavy atom. The highest BCUT2D eigenvalue weighted by Crippen LogP contribution is 2.42. The first kappa shape index (κ1) is 23.7. The van der Waals surface area contributed by atoms with Gasteiger partial charge in [0.2, 0.25) is 0 Å². The number of hydrogen-bond acceptors (Lipinski definition) is 5. The second kappa shape index (κ2) is 10.9. The molecule has 0 unspecified atom stereocenters. The van der Waals surface area contributed by atoms with Crippen molar-refractivity contribution in [3.8, 4) is 39.9 Å². The minimum Gasteiger partial charge on any atom is -0.455 e. The molecule has 5 nitrogen and oxygen atoms in total. The van der Waals surface area contributed by atoms with Gasteiger partial charge in [-0.1, -0.05) is 115 Å².